The van der Waals surface area contributed by atoms with E-state index >= 15 is 0 Å². The molecule has 2 aromatic heterocycles. The van der Waals surface area contributed by atoms with Crippen LogP contribution in [0.3, 0.4) is 0 Å². The molecule has 29 heavy (non-hydrogen) atoms. The summed E-state index contributed by atoms with van der Waals surface area (Å²) in [5, 5.41) is 15.6. The molecule has 0 spiro atoms. The summed E-state index contributed by atoms with van der Waals surface area (Å²) in [6.45, 7) is 6.33. The fourth-order valence-electron chi connectivity index (χ4n) is 2.45. The molecule has 0 fully saturated rings. The Morgan fingerprint density at radius 3 is 2.55 bits per heavy atom. The minimum atomic E-state index is -1.23. The number of nitrogens with one attached hydrogen (secondary N) is 1. The van der Waals surface area contributed by atoms with Crippen LogP contribution in [0.15, 0.2) is 12.3 Å². The SMILES string of the molecule is CCOC(=O)c1sc(NC(=O)Cn2nccc2C(=O)O)c(C(=O)OC(C)C)c1C. The van der Waals surface area contributed by atoms with Crippen LogP contribution in [0.5, 0.6) is 0 Å². The van der Waals surface area contributed by atoms with E-state index in [9.17, 15) is 19.2 Å². The van der Waals surface area contributed by atoms with E-state index in [1.165, 1.54) is 12.3 Å². The Hall–Kier alpha value is -3.21. The van der Waals surface area contributed by atoms with E-state index in [2.05, 4.69) is 10.4 Å². The molecule has 2 heterocycles. The number of amides is 1. The first-order chi connectivity index (χ1) is 13.6. The average Bonchev–Trinajstić information content (AvgIpc) is 3.19. The molecule has 11 heteroatoms. The Labute approximate surface area is 170 Å². The lowest BCUT2D eigenvalue weighted by Gasteiger charge is -2.10. The summed E-state index contributed by atoms with van der Waals surface area (Å²) in [6, 6.07) is 1.26. The van der Waals surface area contributed by atoms with Crippen molar-refractivity contribution in [1.82, 2.24) is 9.78 Å². The van der Waals surface area contributed by atoms with Gasteiger partial charge in [-0.15, -0.1) is 11.3 Å². The number of carbonyl (C=O) groups excluding carboxylic acids is 3. The summed E-state index contributed by atoms with van der Waals surface area (Å²) in [5.41, 5.74) is 0.230. The molecule has 0 unspecified atom stereocenters. The fourth-order valence-corrected chi connectivity index (χ4v) is 3.56. The highest BCUT2D eigenvalue weighted by Crippen LogP contribution is 2.34. The van der Waals surface area contributed by atoms with Gasteiger partial charge in [-0.25, -0.2) is 19.1 Å². The predicted octanol–water partition coefficient (Wildman–Crippen LogP) is 2.33. The Balaban J connectivity index is 2.34. The zero-order valence-electron chi connectivity index (χ0n) is 16.3. The Kier molecular flexibility index (Phi) is 7.10. The lowest BCUT2D eigenvalue weighted by atomic mass is 10.1. The van der Waals surface area contributed by atoms with Crippen LogP contribution in [0.4, 0.5) is 5.00 Å². The van der Waals surface area contributed by atoms with Crippen molar-refractivity contribution in [2.45, 2.75) is 40.3 Å². The molecular formula is C18H21N3O7S. The van der Waals surface area contributed by atoms with Crippen LogP contribution in [0.25, 0.3) is 0 Å². The van der Waals surface area contributed by atoms with Crippen LogP contribution >= 0.6 is 11.3 Å². The largest absolute Gasteiger partial charge is 0.477 e. The van der Waals surface area contributed by atoms with Gasteiger partial charge in [-0.2, -0.15) is 5.10 Å². The van der Waals surface area contributed by atoms with Gasteiger partial charge in [0.05, 0.1) is 18.3 Å². The number of rotatable bonds is 8. The zero-order chi connectivity index (χ0) is 21.7. The van der Waals surface area contributed by atoms with Gasteiger partial charge in [-0.3, -0.25) is 4.79 Å². The number of carboxylic acids is 1. The van der Waals surface area contributed by atoms with E-state index in [4.69, 9.17) is 14.6 Å². The van der Waals surface area contributed by atoms with Gasteiger partial charge >= 0.3 is 17.9 Å². The van der Waals surface area contributed by atoms with E-state index in [-0.39, 0.29) is 34.3 Å². The smallest absolute Gasteiger partial charge is 0.354 e. The number of ether oxygens (including phenoxy) is 2. The number of nitrogens with zero attached hydrogens (tertiary/aromatic N) is 2. The maximum absolute atomic E-state index is 12.5. The highest BCUT2D eigenvalue weighted by molar-refractivity contribution is 7.18. The van der Waals surface area contributed by atoms with Crippen molar-refractivity contribution in [3.8, 4) is 0 Å². The summed E-state index contributed by atoms with van der Waals surface area (Å²) >= 11 is 0.888. The van der Waals surface area contributed by atoms with Gasteiger partial charge in [0, 0.05) is 6.20 Å². The number of aromatic nitrogens is 2. The molecule has 0 aliphatic heterocycles. The molecule has 156 valence electrons. The van der Waals surface area contributed by atoms with Gasteiger partial charge in [0.2, 0.25) is 5.91 Å². The summed E-state index contributed by atoms with van der Waals surface area (Å²) in [4.78, 5) is 48.5. The van der Waals surface area contributed by atoms with Crippen molar-refractivity contribution in [3.63, 3.8) is 0 Å². The monoisotopic (exact) mass is 423 g/mol. The Morgan fingerprint density at radius 1 is 1.28 bits per heavy atom. The number of carboxylic acid groups (broad SMARTS) is 1. The van der Waals surface area contributed by atoms with Crippen LogP contribution < -0.4 is 5.32 Å². The normalized spacial score (nSPS) is 10.7. The summed E-state index contributed by atoms with van der Waals surface area (Å²) in [7, 11) is 0. The molecule has 0 saturated heterocycles. The quantitative estimate of drug-likeness (QED) is 0.617. The third kappa shape index (κ3) is 5.19. The number of hydrogen-bond acceptors (Lipinski definition) is 8. The van der Waals surface area contributed by atoms with E-state index in [0.717, 1.165) is 16.0 Å². The van der Waals surface area contributed by atoms with Crippen molar-refractivity contribution >= 4 is 40.2 Å². The molecule has 10 nitrogen and oxygen atoms in total. The van der Waals surface area contributed by atoms with Crippen molar-refractivity contribution in [1.29, 1.82) is 0 Å². The number of hydrogen-bond donors (Lipinski definition) is 2. The van der Waals surface area contributed by atoms with Gasteiger partial charge in [0.15, 0.2) is 0 Å². The molecule has 0 bridgehead atoms. The molecule has 2 aromatic rings. The number of anilines is 1. The second kappa shape index (κ2) is 9.32. The van der Waals surface area contributed by atoms with Crippen molar-refractivity contribution < 1.29 is 33.8 Å². The average molecular weight is 423 g/mol. The number of aromatic carboxylic acids is 1. The predicted molar refractivity (Wildman–Crippen MR) is 103 cm³/mol. The fraction of sp³-hybridized carbons (Fsp3) is 0.389. The van der Waals surface area contributed by atoms with Crippen LogP contribution in [0.1, 0.15) is 56.9 Å². The summed E-state index contributed by atoms with van der Waals surface area (Å²) < 4.78 is 11.2. The van der Waals surface area contributed by atoms with Gasteiger partial charge in [-0.05, 0) is 39.3 Å². The first-order valence-corrected chi connectivity index (χ1v) is 9.53. The van der Waals surface area contributed by atoms with Gasteiger partial charge in [-0.1, -0.05) is 0 Å². The third-order valence-electron chi connectivity index (χ3n) is 3.64. The van der Waals surface area contributed by atoms with Crippen LogP contribution in [-0.4, -0.2) is 51.4 Å². The number of esters is 2. The van der Waals surface area contributed by atoms with Crippen molar-refractivity contribution in [2.75, 3.05) is 11.9 Å². The number of thiophene rings is 1. The van der Waals surface area contributed by atoms with E-state index < -0.39 is 29.9 Å². The molecule has 0 aliphatic rings. The van der Waals surface area contributed by atoms with E-state index in [1.807, 2.05) is 0 Å². The van der Waals surface area contributed by atoms with Gasteiger partial charge in [0.1, 0.15) is 22.1 Å². The summed E-state index contributed by atoms with van der Waals surface area (Å²) in [5.74, 6) is -3.15. The Bertz CT molecular complexity index is 945. The van der Waals surface area contributed by atoms with Crippen LogP contribution in [0, 0.1) is 6.92 Å². The Morgan fingerprint density at radius 2 is 1.97 bits per heavy atom. The van der Waals surface area contributed by atoms with Crippen LogP contribution in [0.2, 0.25) is 0 Å². The highest BCUT2D eigenvalue weighted by Gasteiger charge is 2.28. The lowest BCUT2D eigenvalue weighted by molar-refractivity contribution is -0.116. The maximum Gasteiger partial charge on any atom is 0.354 e. The first kappa shape index (κ1) is 22.1. The molecule has 0 aromatic carbocycles. The maximum atomic E-state index is 12.5. The van der Waals surface area contributed by atoms with Crippen molar-refractivity contribution in [2.24, 2.45) is 0 Å². The minimum absolute atomic E-state index is 0.0547. The zero-order valence-corrected chi connectivity index (χ0v) is 17.2. The van der Waals surface area contributed by atoms with E-state index in [1.54, 1.807) is 27.7 Å². The molecule has 2 rings (SSSR count). The second-order valence-corrected chi connectivity index (χ2v) is 7.18. The molecule has 1 amide bonds. The topological polar surface area (TPSA) is 137 Å². The van der Waals surface area contributed by atoms with Gasteiger partial charge < -0.3 is 19.9 Å². The summed E-state index contributed by atoms with van der Waals surface area (Å²) in [6.07, 6.45) is 0.856. The number of carbonyl (C=O) groups is 4. The third-order valence-corrected chi connectivity index (χ3v) is 4.82. The standard InChI is InChI=1S/C18H21N3O7S/c1-5-27-18(26)14-10(4)13(17(25)28-9(2)3)15(29-14)20-12(22)8-21-11(16(23)24)6-7-19-21/h6-7,9H,5,8H2,1-4H3,(H,20,22)(H,23,24). The lowest BCUT2D eigenvalue weighted by Crippen LogP contribution is -2.23. The minimum Gasteiger partial charge on any atom is -0.477 e. The molecule has 0 radical (unpaired) electrons. The molecule has 0 atom stereocenters. The second-order valence-electron chi connectivity index (χ2n) is 6.16. The molecular weight excluding hydrogens is 402 g/mol. The molecule has 2 N–H and O–H groups in total. The molecule has 0 aliphatic carbocycles. The van der Waals surface area contributed by atoms with E-state index in [0.29, 0.717) is 5.56 Å². The molecule has 0 saturated carbocycles. The van der Waals surface area contributed by atoms with Crippen molar-refractivity contribution in [3.05, 3.63) is 34.0 Å². The first-order valence-electron chi connectivity index (χ1n) is 8.72. The highest BCUT2D eigenvalue weighted by atomic mass is 32.1. The van der Waals surface area contributed by atoms with Crippen LogP contribution in [-0.2, 0) is 20.8 Å². The van der Waals surface area contributed by atoms with Gasteiger partial charge in [0.25, 0.3) is 0 Å².